The lowest BCUT2D eigenvalue weighted by molar-refractivity contribution is -0.125. The van der Waals surface area contributed by atoms with Crippen molar-refractivity contribution in [2.24, 2.45) is 17.8 Å². The number of nitrogens with one attached hydrogen (secondary N) is 4. The molecular weight excluding hydrogens is 552 g/mol. The Hall–Kier alpha value is -3.28. The summed E-state index contributed by atoms with van der Waals surface area (Å²) in [5, 5.41) is 11.4. The lowest BCUT2D eigenvalue weighted by Gasteiger charge is -2.35. The molecule has 0 spiro atoms. The third-order valence-corrected chi connectivity index (χ3v) is 6.10. The fraction of sp³-hybridized carbons (Fsp3) is 0.625. The molecule has 0 rings (SSSR count). The van der Waals surface area contributed by atoms with Crippen molar-refractivity contribution in [1.29, 1.82) is 0 Å². The molecule has 0 heterocycles. The largest absolute Gasteiger partial charge is 0.378 e. The molecule has 43 heavy (non-hydrogen) atoms. The Bertz CT molecular complexity index is 905. The van der Waals surface area contributed by atoms with Crippen LogP contribution in [0.5, 0.6) is 0 Å². The third-order valence-electron chi connectivity index (χ3n) is 6.10. The molecule has 3 atom stereocenters. The fourth-order valence-electron chi connectivity index (χ4n) is 3.38. The Morgan fingerprint density at radius 3 is 1.02 bits per heavy atom. The molecule has 11 heteroatoms. The van der Waals surface area contributed by atoms with Crippen LogP contribution in [0.2, 0.25) is 0 Å². The molecule has 11 nitrogen and oxygen atoms in total. The summed E-state index contributed by atoms with van der Waals surface area (Å²) >= 11 is 0. The van der Waals surface area contributed by atoms with Crippen molar-refractivity contribution < 1.29 is 33.4 Å². The van der Waals surface area contributed by atoms with Crippen molar-refractivity contribution in [3.63, 3.8) is 0 Å². The molecule has 4 amide bonds. The van der Waals surface area contributed by atoms with Crippen molar-refractivity contribution in [3.05, 3.63) is 48.6 Å². The van der Waals surface area contributed by atoms with E-state index in [4.69, 9.17) is 14.2 Å². The lowest BCUT2D eigenvalue weighted by atomic mass is 10.0. The van der Waals surface area contributed by atoms with Crippen molar-refractivity contribution >= 4 is 23.6 Å². The lowest BCUT2D eigenvalue weighted by Crippen LogP contribution is -2.59. The molecule has 0 aliphatic carbocycles. The highest BCUT2D eigenvalue weighted by molar-refractivity contribution is 5.93. The van der Waals surface area contributed by atoms with E-state index in [0.29, 0.717) is 61.7 Å². The van der Waals surface area contributed by atoms with Gasteiger partial charge in [-0.3, -0.25) is 19.2 Å². The molecule has 0 aromatic rings. The molecule has 3 unspecified atom stereocenters. The van der Waals surface area contributed by atoms with E-state index in [1.165, 1.54) is 0 Å². The summed E-state index contributed by atoms with van der Waals surface area (Å²) in [5.41, 5.74) is 0.507. The fourth-order valence-corrected chi connectivity index (χ4v) is 3.38. The van der Waals surface area contributed by atoms with Crippen molar-refractivity contribution in [1.82, 2.24) is 21.3 Å². The van der Waals surface area contributed by atoms with Gasteiger partial charge in [0.1, 0.15) is 5.54 Å². The zero-order valence-corrected chi connectivity index (χ0v) is 27.3. The van der Waals surface area contributed by atoms with E-state index in [1.807, 2.05) is 20.8 Å². The summed E-state index contributed by atoms with van der Waals surface area (Å²) in [6.07, 6.45) is 0. The monoisotopic (exact) mass is 606 g/mol. The maximum atomic E-state index is 12.8. The van der Waals surface area contributed by atoms with Gasteiger partial charge in [-0.15, -0.1) is 0 Å². The second kappa shape index (κ2) is 20.6. The van der Waals surface area contributed by atoms with E-state index in [-0.39, 0.29) is 61.2 Å². The highest BCUT2D eigenvalue weighted by Gasteiger charge is 2.34. The van der Waals surface area contributed by atoms with Gasteiger partial charge >= 0.3 is 0 Å². The van der Waals surface area contributed by atoms with Gasteiger partial charge in [-0.05, 0) is 45.4 Å². The van der Waals surface area contributed by atoms with Crippen molar-refractivity contribution in [3.8, 4) is 0 Å². The molecule has 0 aliphatic rings. The predicted molar refractivity (Wildman–Crippen MR) is 169 cm³/mol. The number of carbonyl (C=O) groups is 4. The first-order valence-corrected chi connectivity index (χ1v) is 14.5. The van der Waals surface area contributed by atoms with Crippen molar-refractivity contribution in [2.75, 3.05) is 59.3 Å². The van der Waals surface area contributed by atoms with Gasteiger partial charge in [0.15, 0.2) is 0 Å². The number of carbonyl (C=O) groups excluding carboxylic acids is 4. The molecule has 0 fully saturated rings. The van der Waals surface area contributed by atoms with Gasteiger partial charge < -0.3 is 35.5 Å². The van der Waals surface area contributed by atoms with Gasteiger partial charge in [0, 0.05) is 41.9 Å². The molecular formula is C32H54N4O7. The van der Waals surface area contributed by atoms with Gasteiger partial charge in [0.2, 0.25) is 23.6 Å². The van der Waals surface area contributed by atoms with Crippen LogP contribution in [0, 0.1) is 17.8 Å². The minimum absolute atomic E-state index is 0.0198. The molecule has 4 N–H and O–H groups in total. The Labute approximate surface area is 257 Å². The summed E-state index contributed by atoms with van der Waals surface area (Å²) in [5.74, 6) is -1.10. The first kappa shape index (κ1) is 39.7. The smallest absolute Gasteiger partial charge is 0.246 e. The van der Waals surface area contributed by atoms with Gasteiger partial charge in [-0.2, -0.15) is 0 Å². The SMILES string of the molecule is C=C(C)C(=O)NCC(C)COCC(COCC(C)CNC(=O)C(=C)C)(COCC(C)CNC(=O)C(=C)C)NC(=O)C(=C)C. The van der Waals surface area contributed by atoms with Crippen LogP contribution >= 0.6 is 0 Å². The second-order valence-corrected chi connectivity index (χ2v) is 11.8. The van der Waals surface area contributed by atoms with Gasteiger partial charge in [-0.1, -0.05) is 47.1 Å². The van der Waals surface area contributed by atoms with E-state index in [2.05, 4.69) is 47.6 Å². The molecule has 0 bridgehead atoms. The quantitative estimate of drug-likeness (QED) is 0.131. The first-order chi connectivity index (χ1) is 20.0. The first-order valence-electron chi connectivity index (χ1n) is 14.5. The second-order valence-electron chi connectivity index (χ2n) is 11.8. The van der Waals surface area contributed by atoms with Crippen LogP contribution in [0.3, 0.4) is 0 Å². The molecule has 0 saturated carbocycles. The normalized spacial score (nSPS) is 14.3. The van der Waals surface area contributed by atoms with E-state index in [9.17, 15) is 19.2 Å². The standard InChI is InChI=1S/C32H54N4O7/c1-21(2)28(37)33-12-25(9)15-41-18-32(36-31(40)24(7)8,19-42-16-26(10)13-34-29(38)22(3)4)20-43-17-27(11)14-35-30(39)23(5)6/h25-27H,1,3,5,7,12-20H2,2,4,6,8-11H3,(H,33,37)(H,34,38)(H,35,39)(H,36,40). The zero-order chi connectivity index (χ0) is 33.2. The molecule has 0 aliphatic heterocycles. The zero-order valence-electron chi connectivity index (χ0n) is 27.3. The van der Waals surface area contributed by atoms with Crippen LogP contribution in [0.15, 0.2) is 48.6 Å². The highest BCUT2D eigenvalue weighted by Crippen LogP contribution is 2.13. The maximum absolute atomic E-state index is 12.8. The topological polar surface area (TPSA) is 144 Å². The highest BCUT2D eigenvalue weighted by atomic mass is 16.5. The molecule has 0 radical (unpaired) electrons. The number of hydrogen-bond acceptors (Lipinski definition) is 7. The third kappa shape index (κ3) is 18.1. The Morgan fingerprint density at radius 2 is 0.791 bits per heavy atom. The molecule has 0 saturated heterocycles. The minimum atomic E-state index is -1.07. The summed E-state index contributed by atoms with van der Waals surface area (Å²) in [7, 11) is 0. The summed E-state index contributed by atoms with van der Waals surface area (Å²) < 4.78 is 18.1. The van der Waals surface area contributed by atoms with Gasteiger partial charge in [-0.25, -0.2) is 0 Å². The average molecular weight is 607 g/mol. The van der Waals surface area contributed by atoms with E-state index < -0.39 is 5.54 Å². The van der Waals surface area contributed by atoms with Crippen LogP contribution in [-0.4, -0.2) is 88.4 Å². The maximum Gasteiger partial charge on any atom is 0.246 e. The molecule has 0 aromatic heterocycles. The van der Waals surface area contributed by atoms with Crippen LogP contribution in [0.1, 0.15) is 48.5 Å². The van der Waals surface area contributed by atoms with Crippen LogP contribution in [0.4, 0.5) is 0 Å². The number of rotatable bonds is 23. The van der Waals surface area contributed by atoms with Crippen molar-refractivity contribution in [2.45, 2.75) is 54.0 Å². The summed E-state index contributed by atoms with van der Waals surface area (Å²) in [6, 6.07) is 0. The molecule has 244 valence electrons. The van der Waals surface area contributed by atoms with Gasteiger partial charge in [0.25, 0.3) is 0 Å². The average Bonchev–Trinajstić information content (AvgIpc) is 2.92. The summed E-state index contributed by atoms with van der Waals surface area (Å²) in [4.78, 5) is 48.4. The number of amides is 4. The Balaban J connectivity index is 5.55. The number of hydrogen-bond donors (Lipinski definition) is 4. The Kier molecular flexibility index (Phi) is 19.0. The van der Waals surface area contributed by atoms with E-state index in [0.717, 1.165) is 0 Å². The summed E-state index contributed by atoms with van der Waals surface area (Å²) in [6.45, 7) is 29.3. The van der Waals surface area contributed by atoms with E-state index in [1.54, 1.807) is 27.7 Å². The van der Waals surface area contributed by atoms with Crippen LogP contribution in [-0.2, 0) is 33.4 Å². The van der Waals surface area contributed by atoms with E-state index >= 15 is 0 Å². The number of ether oxygens (including phenoxy) is 3. The predicted octanol–water partition coefficient (Wildman–Crippen LogP) is 2.45. The van der Waals surface area contributed by atoms with Crippen LogP contribution < -0.4 is 21.3 Å². The Morgan fingerprint density at radius 1 is 0.535 bits per heavy atom. The minimum Gasteiger partial charge on any atom is -0.378 e. The van der Waals surface area contributed by atoms with Crippen LogP contribution in [0.25, 0.3) is 0 Å². The van der Waals surface area contributed by atoms with Gasteiger partial charge in [0.05, 0.1) is 39.6 Å². The molecule has 0 aromatic carbocycles.